The van der Waals surface area contributed by atoms with Crippen LogP contribution < -0.4 is 16.4 Å². The lowest BCUT2D eigenvalue weighted by atomic mass is 9.96. The summed E-state index contributed by atoms with van der Waals surface area (Å²) in [7, 11) is 0. The van der Waals surface area contributed by atoms with Gasteiger partial charge in [-0.2, -0.15) is 0 Å². The van der Waals surface area contributed by atoms with Crippen molar-refractivity contribution in [3.8, 4) is 11.1 Å². The van der Waals surface area contributed by atoms with E-state index in [9.17, 15) is 4.79 Å². The Bertz CT molecular complexity index is 976. The summed E-state index contributed by atoms with van der Waals surface area (Å²) in [5, 5.41) is 6.94. The first-order valence-corrected chi connectivity index (χ1v) is 10.7. The van der Waals surface area contributed by atoms with Crippen molar-refractivity contribution < 1.29 is 4.79 Å². The third-order valence-corrected chi connectivity index (χ3v) is 6.53. The highest BCUT2D eigenvalue weighted by Crippen LogP contribution is 2.40. The number of anilines is 2. The number of benzene rings is 1. The van der Waals surface area contributed by atoms with Crippen LogP contribution in [0, 0.1) is 0 Å². The van der Waals surface area contributed by atoms with Gasteiger partial charge in [0.15, 0.2) is 0 Å². The molecule has 0 bridgehead atoms. The maximum Gasteiger partial charge on any atom is 0.319 e. The Morgan fingerprint density at radius 3 is 2.64 bits per heavy atom. The van der Waals surface area contributed by atoms with Crippen LogP contribution in [0.4, 0.5) is 16.3 Å². The fourth-order valence-corrected chi connectivity index (χ4v) is 4.98. The first-order chi connectivity index (χ1) is 13.7. The highest BCUT2D eigenvalue weighted by Gasteiger charge is 2.18. The van der Waals surface area contributed by atoms with Crippen LogP contribution in [-0.2, 0) is 6.42 Å². The molecule has 1 saturated carbocycles. The van der Waals surface area contributed by atoms with Crippen LogP contribution in [0.5, 0.6) is 0 Å². The highest BCUT2D eigenvalue weighted by atomic mass is 32.1. The fourth-order valence-electron chi connectivity index (χ4n) is 3.88. The quantitative estimate of drug-likeness (QED) is 0.582. The number of carbonyl (C=O) groups excluding carboxylic acids is 1. The van der Waals surface area contributed by atoms with Gasteiger partial charge in [-0.3, -0.25) is 0 Å². The summed E-state index contributed by atoms with van der Waals surface area (Å²) < 4.78 is 0. The van der Waals surface area contributed by atoms with Crippen LogP contribution in [0.2, 0.25) is 0 Å². The number of rotatable bonds is 4. The summed E-state index contributed by atoms with van der Waals surface area (Å²) in [6.45, 7) is 2.13. The maximum atomic E-state index is 12.3. The maximum absolute atomic E-state index is 12.3. The molecule has 2 amide bonds. The molecule has 7 heteroatoms. The Morgan fingerprint density at radius 2 is 1.93 bits per heavy atom. The van der Waals surface area contributed by atoms with Gasteiger partial charge in [-0.15, -0.1) is 11.3 Å². The molecular weight excluding hydrogens is 370 g/mol. The molecule has 0 unspecified atom stereocenters. The molecule has 3 aromatic rings. The van der Waals surface area contributed by atoms with E-state index < -0.39 is 0 Å². The van der Waals surface area contributed by atoms with Gasteiger partial charge in [-0.05, 0) is 37.0 Å². The van der Waals surface area contributed by atoms with Gasteiger partial charge in [0.2, 0.25) is 0 Å². The molecule has 2 aromatic heterocycles. The first kappa shape index (κ1) is 18.7. The smallest absolute Gasteiger partial charge is 0.319 e. The Labute approximate surface area is 168 Å². The summed E-state index contributed by atoms with van der Waals surface area (Å²) in [6.07, 6.45) is 8.21. The summed E-state index contributed by atoms with van der Waals surface area (Å²) in [5.74, 6) is 0.505. The number of urea groups is 1. The van der Waals surface area contributed by atoms with Crippen molar-refractivity contribution in [1.29, 1.82) is 0 Å². The normalized spacial score (nSPS) is 14.9. The number of amides is 2. The lowest BCUT2D eigenvalue weighted by Crippen LogP contribution is -2.38. The first-order valence-electron chi connectivity index (χ1n) is 9.85. The lowest BCUT2D eigenvalue weighted by molar-refractivity contribution is 0.244. The number of fused-ring (bicyclic) bond motifs is 1. The summed E-state index contributed by atoms with van der Waals surface area (Å²) >= 11 is 1.66. The molecule has 1 aliphatic rings. The van der Waals surface area contributed by atoms with Gasteiger partial charge in [-0.1, -0.05) is 38.3 Å². The number of aryl methyl sites for hydroxylation is 1. The van der Waals surface area contributed by atoms with E-state index in [1.165, 1.54) is 30.5 Å². The second-order valence-electron chi connectivity index (χ2n) is 7.20. The van der Waals surface area contributed by atoms with Gasteiger partial charge >= 0.3 is 6.03 Å². The molecule has 0 aliphatic heterocycles. The van der Waals surface area contributed by atoms with Gasteiger partial charge in [-0.25, -0.2) is 14.8 Å². The molecule has 1 fully saturated rings. The zero-order chi connectivity index (χ0) is 19.5. The van der Waals surface area contributed by atoms with Crippen LogP contribution in [0.3, 0.4) is 0 Å². The van der Waals surface area contributed by atoms with Gasteiger partial charge in [0.1, 0.15) is 17.0 Å². The third-order valence-electron chi connectivity index (χ3n) is 5.28. The number of nitrogens with one attached hydrogen (secondary N) is 2. The minimum Gasteiger partial charge on any atom is -0.383 e. The van der Waals surface area contributed by atoms with E-state index in [1.807, 2.05) is 24.3 Å². The summed E-state index contributed by atoms with van der Waals surface area (Å²) in [4.78, 5) is 22.9. The van der Waals surface area contributed by atoms with Crippen molar-refractivity contribution >= 4 is 39.1 Å². The standard InChI is InChI=1S/C21H25N5OS/c1-2-16-17(18-19(22)23-12-24-20(18)28-16)13-8-10-15(11-9-13)26-21(27)25-14-6-4-3-5-7-14/h8-12,14H,2-7H2,1H3,(H2,22,23,24)(H2,25,26,27). The van der Waals surface area contributed by atoms with Crippen molar-refractivity contribution in [2.45, 2.75) is 51.5 Å². The molecule has 4 N–H and O–H groups in total. The van der Waals surface area contributed by atoms with Crippen molar-refractivity contribution in [3.05, 3.63) is 35.5 Å². The van der Waals surface area contributed by atoms with Gasteiger partial charge < -0.3 is 16.4 Å². The molecule has 0 spiro atoms. The van der Waals surface area contributed by atoms with E-state index in [0.717, 1.165) is 46.3 Å². The van der Waals surface area contributed by atoms with E-state index in [-0.39, 0.29) is 6.03 Å². The second-order valence-corrected chi connectivity index (χ2v) is 8.29. The fraction of sp³-hybridized carbons (Fsp3) is 0.381. The molecule has 2 heterocycles. The van der Waals surface area contributed by atoms with Crippen molar-refractivity contribution in [2.24, 2.45) is 0 Å². The Morgan fingerprint density at radius 1 is 1.18 bits per heavy atom. The third kappa shape index (κ3) is 3.80. The molecule has 28 heavy (non-hydrogen) atoms. The Hall–Kier alpha value is -2.67. The molecule has 1 aliphatic carbocycles. The zero-order valence-corrected chi connectivity index (χ0v) is 16.8. The average molecular weight is 396 g/mol. The Kier molecular flexibility index (Phi) is 5.43. The number of nitrogens with zero attached hydrogens (tertiary/aromatic N) is 2. The molecule has 0 atom stereocenters. The summed E-state index contributed by atoms with van der Waals surface area (Å²) in [6, 6.07) is 8.05. The summed E-state index contributed by atoms with van der Waals surface area (Å²) in [5.41, 5.74) is 9.07. The number of nitrogen functional groups attached to an aromatic ring is 1. The van der Waals surface area contributed by atoms with Crippen LogP contribution in [0.1, 0.15) is 43.9 Å². The van der Waals surface area contributed by atoms with Crippen LogP contribution in [-0.4, -0.2) is 22.0 Å². The Balaban J connectivity index is 1.53. The number of carbonyl (C=O) groups is 1. The predicted molar refractivity (Wildman–Crippen MR) is 116 cm³/mol. The second kappa shape index (κ2) is 8.14. The molecular formula is C21H25N5OS. The predicted octanol–water partition coefficient (Wildman–Crippen LogP) is 4.96. The van der Waals surface area contributed by atoms with E-state index in [0.29, 0.717) is 11.9 Å². The number of hydrogen-bond donors (Lipinski definition) is 3. The van der Waals surface area contributed by atoms with Crippen molar-refractivity contribution in [2.75, 3.05) is 11.1 Å². The van der Waals surface area contributed by atoms with Crippen LogP contribution >= 0.6 is 11.3 Å². The van der Waals surface area contributed by atoms with Gasteiger partial charge in [0.25, 0.3) is 0 Å². The SMILES string of the molecule is CCc1sc2ncnc(N)c2c1-c1ccc(NC(=O)NC2CCCCC2)cc1. The molecule has 0 saturated heterocycles. The molecule has 4 rings (SSSR count). The minimum absolute atomic E-state index is 0.132. The van der Waals surface area contributed by atoms with Gasteiger partial charge in [0, 0.05) is 22.2 Å². The van der Waals surface area contributed by atoms with Crippen LogP contribution in [0.25, 0.3) is 21.3 Å². The van der Waals surface area contributed by atoms with E-state index in [4.69, 9.17) is 5.73 Å². The molecule has 1 aromatic carbocycles. The molecule has 146 valence electrons. The monoisotopic (exact) mass is 395 g/mol. The van der Waals surface area contributed by atoms with Crippen molar-refractivity contribution in [1.82, 2.24) is 15.3 Å². The topological polar surface area (TPSA) is 92.9 Å². The van der Waals surface area contributed by atoms with Gasteiger partial charge in [0.05, 0.1) is 5.39 Å². The minimum atomic E-state index is -0.132. The number of hydrogen-bond acceptors (Lipinski definition) is 5. The highest BCUT2D eigenvalue weighted by molar-refractivity contribution is 7.19. The van der Waals surface area contributed by atoms with Crippen LogP contribution in [0.15, 0.2) is 30.6 Å². The van der Waals surface area contributed by atoms with E-state index >= 15 is 0 Å². The van der Waals surface area contributed by atoms with E-state index in [2.05, 4.69) is 27.5 Å². The van der Waals surface area contributed by atoms with E-state index in [1.54, 1.807) is 11.3 Å². The molecule has 0 radical (unpaired) electrons. The zero-order valence-electron chi connectivity index (χ0n) is 16.0. The largest absolute Gasteiger partial charge is 0.383 e. The average Bonchev–Trinajstić information content (AvgIpc) is 3.09. The number of nitrogens with two attached hydrogens (primary N) is 1. The number of thiophene rings is 1. The lowest BCUT2D eigenvalue weighted by Gasteiger charge is -2.22. The number of aromatic nitrogens is 2. The molecule has 6 nitrogen and oxygen atoms in total. The van der Waals surface area contributed by atoms with Crippen molar-refractivity contribution in [3.63, 3.8) is 0 Å².